The van der Waals surface area contributed by atoms with E-state index >= 15 is 0 Å². The van der Waals surface area contributed by atoms with Crippen molar-refractivity contribution in [3.05, 3.63) is 30.6 Å². The molecule has 3 heterocycles. The zero-order valence-electron chi connectivity index (χ0n) is 17.5. The number of carbonyl (C=O) groups excluding carboxylic acids is 2. The van der Waals surface area contributed by atoms with Gasteiger partial charge in [-0.25, -0.2) is 4.98 Å². The van der Waals surface area contributed by atoms with Gasteiger partial charge in [0, 0.05) is 39.0 Å². The van der Waals surface area contributed by atoms with E-state index in [1.165, 1.54) is 0 Å². The summed E-state index contributed by atoms with van der Waals surface area (Å²) in [6.45, 7) is 4.50. The highest BCUT2D eigenvalue weighted by atomic mass is 16.3. The number of para-hydroxylation sites is 2. The molecule has 3 fully saturated rings. The Morgan fingerprint density at radius 2 is 1.73 bits per heavy atom. The number of benzene rings is 1. The second kappa shape index (κ2) is 7.69. The average Bonchev–Trinajstić information content (AvgIpc) is 3.36. The van der Waals surface area contributed by atoms with Crippen LogP contribution >= 0.6 is 0 Å². The molecule has 160 valence electrons. The van der Waals surface area contributed by atoms with Crippen molar-refractivity contribution in [1.82, 2.24) is 19.4 Å². The van der Waals surface area contributed by atoms with E-state index in [4.69, 9.17) is 0 Å². The number of rotatable bonds is 2. The highest BCUT2D eigenvalue weighted by Crippen LogP contribution is 2.42. The van der Waals surface area contributed by atoms with Crippen molar-refractivity contribution >= 4 is 22.8 Å². The number of carbonyl (C=O) groups is 2. The lowest BCUT2D eigenvalue weighted by Gasteiger charge is -2.36. The second-order valence-electron chi connectivity index (χ2n) is 9.29. The monoisotopic (exact) mass is 410 g/mol. The van der Waals surface area contributed by atoms with Gasteiger partial charge in [-0.3, -0.25) is 9.59 Å². The van der Waals surface area contributed by atoms with E-state index in [1.807, 2.05) is 34.3 Å². The molecule has 7 nitrogen and oxygen atoms in total. The highest BCUT2D eigenvalue weighted by molar-refractivity contribution is 5.80. The molecule has 1 N–H and O–H groups in total. The van der Waals surface area contributed by atoms with Crippen molar-refractivity contribution < 1.29 is 14.7 Å². The number of imidazole rings is 1. The van der Waals surface area contributed by atoms with Gasteiger partial charge in [-0.05, 0) is 49.7 Å². The Kier molecular flexibility index (Phi) is 5.01. The van der Waals surface area contributed by atoms with Gasteiger partial charge in [-0.2, -0.15) is 0 Å². The van der Waals surface area contributed by atoms with Crippen molar-refractivity contribution in [2.75, 3.05) is 26.2 Å². The van der Waals surface area contributed by atoms with Crippen LogP contribution in [-0.2, 0) is 9.59 Å². The van der Waals surface area contributed by atoms with E-state index < -0.39 is 6.10 Å². The number of hydrogen-bond acceptors (Lipinski definition) is 4. The lowest BCUT2D eigenvalue weighted by Crippen LogP contribution is -2.43. The minimum Gasteiger partial charge on any atom is -0.391 e. The van der Waals surface area contributed by atoms with Crippen LogP contribution < -0.4 is 0 Å². The predicted octanol–water partition coefficient (Wildman–Crippen LogP) is 2.07. The molecule has 1 saturated carbocycles. The first kappa shape index (κ1) is 19.5. The molecular weight excluding hydrogens is 380 g/mol. The van der Waals surface area contributed by atoms with Crippen LogP contribution in [0.15, 0.2) is 30.6 Å². The Morgan fingerprint density at radius 1 is 1.03 bits per heavy atom. The number of aliphatic hydroxyl groups is 1. The van der Waals surface area contributed by atoms with Gasteiger partial charge in [0.15, 0.2) is 0 Å². The number of aliphatic hydroxyl groups excluding tert-OH is 1. The lowest BCUT2D eigenvalue weighted by molar-refractivity contribution is -0.139. The van der Waals surface area contributed by atoms with Crippen LogP contribution in [0.1, 0.15) is 38.6 Å². The van der Waals surface area contributed by atoms with Crippen LogP contribution in [0.2, 0.25) is 0 Å². The first-order chi connectivity index (χ1) is 14.5. The molecule has 1 aromatic carbocycles. The van der Waals surface area contributed by atoms with E-state index in [1.54, 1.807) is 6.92 Å². The Balaban J connectivity index is 1.26. The van der Waals surface area contributed by atoms with Crippen molar-refractivity contribution in [3.63, 3.8) is 0 Å². The summed E-state index contributed by atoms with van der Waals surface area (Å²) in [4.78, 5) is 33.0. The van der Waals surface area contributed by atoms with E-state index in [0.29, 0.717) is 24.9 Å². The molecule has 0 spiro atoms. The first-order valence-electron chi connectivity index (χ1n) is 11.1. The van der Waals surface area contributed by atoms with Gasteiger partial charge in [0.25, 0.3) is 0 Å². The molecule has 2 aromatic rings. The van der Waals surface area contributed by atoms with Crippen LogP contribution in [0.25, 0.3) is 11.0 Å². The molecular formula is C23H30N4O3. The van der Waals surface area contributed by atoms with Gasteiger partial charge in [-0.1, -0.05) is 12.1 Å². The number of amides is 2. The minimum atomic E-state index is -0.419. The summed E-state index contributed by atoms with van der Waals surface area (Å²) in [7, 11) is 0. The third-order valence-corrected chi connectivity index (χ3v) is 7.55. The van der Waals surface area contributed by atoms with Gasteiger partial charge in [0.2, 0.25) is 11.8 Å². The lowest BCUT2D eigenvalue weighted by atomic mass is 9.77. The molecule has 4 atom stereocenters. The summed E-state index contributed by atoms with van der Waals surface area (Å²) in [6, 6.07) is 8.05. The third kappa shape index (κ3) is 3.39. The second-order valence-corrected chi connectivity index (χ2v) is 9.29. The SMILES string of the molecule is CC(=O)N1CCC(C(=O)N2C[C@H]3C[C@@H](n4cnc5ccccc54)[C@H](O)C[C@H]3C2)CC1. The van der Waals surface area contributed by atoms with Crippen LogP contribution in [0.3, 0.4) is 0 Å². The Morgan fingerprint density at radius 3 is 2.47 bits per heavy atom. The van der Waals surface area contributed by atoms with Crippen LogP contribution in [-0.4, -0.2) is 68.6 Å². The van der Waals surface area contributed by atoms with E-state index in [9.17, 15) is 14.7 Å². The third-order valence-electron chi connectivity index (χ3n) is 7.55. The van der Waals surface area contributed by atoms with Gasteiger partial charge in [-0.15, -0.1) is 0 Å². The van der Waals surface area contributed by atoms with Gasteiger partial charge in [0.05, 0.1) is 29.5 Å². The van der Waals surface area contributed by atoms with E-state index in [0.717, 1.165) is 49.8 Å². The molecule has 0 bridgehead atoms. The number of piperidine rings is 1. The number of likely N-dealkylation sites (tertiary alicyclic amines) is 2. The standard InChI is InChI=1S/C23H30N4O3/c1-15(28)25-8-6-16(7-9-25)23(30)26-12-17-10-21(22(29)11-18(17)13-26)27-14-24-19-4-2-3-5-20(19)27/h2-5,14,16-18,21-22,29H,6-13H2,1H3/t17-,18+,21-,22-/m1/s1. The predicted molar refractivity (Wildman–Crippen MR) is 113 cm³/mol. The van der Waals surface area contributed by atoms with Crippen molar-refractivity contribution in [3.8, 4) is 0 Å². The van der Waals surface area contributed by atoms with Crippen LogP contribution in [0.4, 0.5) is 0 Å². The van der Waals surface area contributed by atoms with Crippen LogP contribution in [0, 0.1) is 17.8 Å². The van der Waals surface area contributed by atoms with Crippen molar-refractivity contribution in [2.24, 2.45) is 17.8 Å². The molecule has 0 radical (unpaired) electrons. The van der Waals surface area contributed by atoms with Gasteiger partial charge >= 0.3 is 0 Å². The Bertz CT molecular complexity index is 949. The normalized spacial score (nSPS) is 29.9. The molecule has 30 heavy (non-hydrogen) atoms. The summed E-state index contributed by atoms with van der Waals surface area (Å²) >= 11 is 0. The van der Waals surface area contributed by atoms with Gasteiger partial charge in [0.1, 0.15) is 0 Å². The summed E-state index contributed by atoms with van der Waals surface area (Å²) in [5.41, 5.74) is 2.01. The number of aromatic nitrogens is 2. The van der Waals surface area contributed by atoms with Crippen LogP contribution in [0.5, 0.6) is 0 Å². The molecule has 3 aliphatic rings. The topological polar surface area (TPSA) is 78.7 Å². The van der Waals surface area contributed by atoms with Gasteiger partial charge < -0.3 is 19.5 Å². The fourth-order valence-electron chi connectivity index (χ4n) is 5.83. The van der Waals surface area contributed by atoms with Crippen molar-refractivity contribution in [1.29, 1.82) is 0 Å². The fraction of sp³-hybridized carbons (Fsp3) is 0.609. The Hall–Kier alpha value is -2.41. The summed E-state index contributed by atoms with van der Waals surface area (Å²) < 4.78 is 2.12. The maximum absolute atomic E-state index is 13.1. The minimum absolute atomic E-state index is 0.00695. The number of nitrogens with zero attached hydrogens (tertiary/aromatic N) is 4. The van der Waals surface area contributed by atoms with Crippen molar-refractivity contribution in [2.45, 2.75) is 44.8 Å². The molecule has 5 rings (SSSR count). The zero-order valence-corrected chi connectivity index (χ0v) is 17.5. The first-order valence-corrected chi connectivity index (χ1v) is 11.1. The fourth-order valence-corrected chi connectivity index (χ4v) is 5.83. The number of hydrogen-bond donors (Lipinski definition) is 1. The molecule has 7 heteroatoms. The average molecular weight is 411 g/mol. The summed E-state index contributed by atoms with van der Waals surface area (Å²) in [6.07, 6.45) is 4.55. The molecule has 0 unspecified atom stereocenters. The molecule has 2 aliphatic heterocycles. The maximum atomic E-state index is 13.1. The molecule has 2 amide bonds. The maximum Gasteiger partial charge on any atom is 0.225 e. The quantitative estimate of drug-likeness (QED) is 0.822. The zero-order chi connectivity index (χ0) is 20.8. The Labute approximate surface area is 176 Å². The smallest absolute Gasteiger partial charge is 0.225 e. The molecule has 2 saturated heterocycles. The largest absolute Gasteiger partial charge is 0.391 e. The summed E-state index contributed by atoms with van der Waals surface area (Å²) in [5.74, 6) is 1.15. The summed E-state index contributed by atoms with van der Waals surface area (Å²) in [5, 5.41) is 10.9. The van der Waals surface area contributed by atoms with E-state index in [-0.39, 0.29) is 23.8 Å². The number of fused-ring (bicyclic) bond motifs is 2. The molecule has 1 aliphatic carbocycles. The molecule has 1 aromatic heterocycles. The van der Waals surface area contributed by atoms with E-state index in [2.05, 4.69) is 15.6 Å². The highest BCUT2D eigenvalue weighted by Gasteiger charge is 2.44.